The van der Waals surface area contributed by atoms with Crippen LogP contribution in [0.5, 0.6) is 0 Å². The van der Waals surface area contributed by atoms with E-state index >= 15 is 0 Å². The zero-order valence-electron chi connectivity index (χ0n) is 11.1. The summed E-state index contributed by atoms with van der Waals surface area (Å²) < 4.78 is 0. The molecule has 0 saturated heterocycles. The van der Waals surface area contributed by atoms with E-state index in [0.717, 1.165) is 6.42 Å². The minimum atomic E-state index is -0.689. The molecule has 0 aromatic heterocycles. The van der Waals surface area contributed by atoms with E-state index in [2.05, 4.69) is 43.4 Å². The Bertz CT molecular complexity index is 382. The highest BCUT2D eigenvalue weighted by Crippen LogP contribution is 2.20. The summed E-state index contributed by atoms with van der Waals surface area (Å²) in [7, 11) is 0. The van der Waals surface area contributed by atoms with Crippen LogP contribution in [-0.2, 0) is 4.79 Å². The topological polar surface area (TPSA) is 55.1 Å². The van der Waals surface area contributed by atoms with E-state index in [0.29, 0.717) is 0 Å². The Morgan fingerprint density at radius 2 is 1.88 bits per heavy atom. The van der Waals surface area contributed by atoms with E-state index in [1.54, 1.807) is 0 Å². The molecular formula is C14H22N2O. The minimum absolute atomic E-state index is 0.151. The zero-order valence-corrected chi connectivity index (χ0v) is 11.1. The van der Waals surface area contributed by atoms with Gasteiger partial charge in [-0.25, -0.2) is 0 Å². The standard InChI is InChI=1S/C14H22N2O/c1-5-12(16-14(3,4)13(15)17)11-8-6-10(2)7-9-11/h6-9,12,16H,5H2,1-4H3,(H2,15,17). The SMILES string of the molecule is CCC(NC(C)(C)C(N)=O)c1ccc(C)cc1. The number of aryl methyl sites for hydroxylation is 1. The summed E-state index contributed by atoms with van der Waals surface area (Å²) in [5.41, 5.74) is 7.11. The Morgan fingerprint density at radius 1 is 1.35 bits per heavy atom. The normalized spacial score (nSPS) is 13.4. The van der Waals surface area contributed by atoms with Crippen LogP contribution in [0.4, 0.5) is 0 Å². The van der Waals surface area contributed by atoms with Gasteiger partial charge in [0.2, 0.25) is 5.91 Å². The summed E-state index contributed by atoms with van der Waals surface area (Å²) in [5, 5.41) is 3.30. The fraction of sp³-hybridized carbons (Fsp3) is 0.500. The van der Waals surface area contributed by atoms with Gasteiger partial charge in [-0.2, -0.15) is 0 Å². The maximum absolute atomic E-state index is 11.3. The maximum Gasteiger partial charge on any atom is 0.237 e. The van der Waals surface area contributed by atoms with Crippen molar-refractivity contribution in [2.75, 3.05) is 0 Å². The lowest BCUT2D eigenvalue weighted by atomic mass is 9.97. The van der Waals surface area contributed by atoms with E-state index in [4.69, 9.17) is 5.73 Å². The number of nitrogens with two attached hydrogens (primary N) is 1. The molecule has 0 spiro atoms. The third-order valence-electron chi connectivity index (χ3n) is 3.04. The van der Waals surface area contributed by atoms with Crippen LogP contribution >= 0.6 is 0 Å². The third kappa shape index (κ3) is 3.56. The maximum atomic E-state index is 11.3. The molecule has 1 unspecified atom stereocenters. The molecule has 0 radical (unpaired) electrons. The van der Waals surface area contributed by atoms with E-state index in [1.165, 1.54) is 11.1 Å². The second-order valence-corrected chi connectivity index (χ2v) is 5.01. The summed E-state index contributed by atoms with van der Waals surface area (Å²) in [6, 6.07) is 8.49. The first-order valence-electron chi connectivity index (χ1n) is 6.01. The summed E-state index contributed by atoms with van der Waals surface area (Å²) in [5.74, 6) is -0.330. The fourth-order valence-electron chi connectivity index (χ4n) is 1.73. The number of hydrogen-bond donors (Lipinski definition) is 2. The molecule has 0 saturated carbocycles. The van der Waals surface area contributed by atoms with Gasteiger partial charge in [0.15, 0.2) is 0 Å². The molecular weight excluding hydrogens is 212 g/mol. The van der Waals surface area contributed by atoms with Crippen molar-refractivity contribution >= 4 is 5.91 Å². The third-order valence-corrected chi connectivity index (χ3v) is 3.04. The number of amides is 1. The molecule has 1 amide bonds. The number of carbonyl (C=O) groups is 1. The van der Waals surface area contributed by atoms with Crippen LogP contribution in [0.3, 0.4) is 0 Å². The van der Waals surface area contributed by atoms with Crippen LogP contribution in [0.25, 0.3) is 0 Å². The number of primary amides is 1. The van der Waals surface area contributed by atoms with Crippen LogP contribution in [0.2, 0.25) is 0 Å². The predicted octanol–water partition coefficient (Wildman–Crippen LogP) is 2.30. The van der Waals surface area contributed by atoms with Crippen molar-refractivity contribution < 1.29 is 4.79 Å². The number of rotatable bonds is 5. The van der Waals surface area contributed by atoms with E-state index in [9.17, 15) is 4.79 Å². The van der Waals surface area contributed by atoms with E-state index < -0.39 is 5.54 Å². The highest BCUT2D eigenvalue weighted by molar-refractivity contribution is 5.83. The minimum Gasteiger partial charge on any atom is -0.368 e. The Morgan fingerprint density at radius 3 is 2.29 bits per heavy atom. The summed E-state index contributed by atoms with van der Waals surface area (Å²) in [4.78, 5) is 11.3. The van der Waals surface area contributed by atoms with Gasteiger partial charge in [-0.05, 0) is 32.8 Å². The molecule has 0 bridgehead atoms. The van der Waals surface area contributed by atoms with Gasteiger partial charge in [-0.15, -0.1) is 0 Å². The molecule has 1 aromatic rings. The molecule has 1 aromatic carbocycles. The molecule has 1 rings (SSSR count). The van der Waals surface area contributed by atoms with E-state index in [-0.39, 0.29) is 11.9 Å². The van der Waals surface area contributed by atoms with Crippen molar-refractivity contribution in [1.82, 2.24) is 5.32 Å². The average molecular weight is 234 g/mol. The zero-order chi connectivity index (χ0) is 13.1. The molecule has 0 aliphatic carbocycles. The molecule has 0 fully saturated rings. The van der Waals surface area contributed by atoms with Gasteiger partial charge in [0, 0.05) is 6.04 Å². The van der Waals surface area contributed by atoms with Crippen molar-refractivity contribution in [1.29, 1.82) is 0 Å². The molecule has 94 valence electrons. The van der Waals surface area contributed by atoms with Gasteiger partial charge in [0.1, 0.15) is 0 Å². The largest absolute Gasteiger partial charge is 0.368 e. The molecule has 0 aliphatic heterocycles. The first-order valence-corrected chi connectivity index (χ1v) is 6.01. The Hall–Kier alpha value is -1.35. The molecule has 3 heteroatoms. The van der Waals surface area contributed by atoms with Crippen molar-refractivity contribution in [3.05, 3.63) is 35.4 Å². The lowest BCUT2D eigenvalue weighted by molar-refractivity contribution is -0.123. The van der Waals surface area contributed by atoms with Gasteiger partial charge >= 0.3 is 0 Å². The van der Waals surface area contributed by atoms with Crippen LogP contribution in [0, 0.1) is 6.92 Å². The van der Waals surface area contributed by atoms with Crippen molar-refractivity contribution in [2.24, 2.45) is 5.73 Å². The van der Waals surface area contributed by atoms with Crippen molar-refractivity contribution in [2.45, 2.75) is 45.7 Å². The van der Waals surface area contributed by atoms with Crippen molar-refractivity contribution in [3.63, 3.8) is 0 Å². The molecule has 1 atom stereocenters. The van der Waals surface area contributed by atoms with Crippen LogP contribution in [-0.4, -0.2) is 11.4 Å². The lowest BCUT2D eigenvalue weighted by Crippen LogP contribution is -2.51. The average Bonchev–Trinajstić information content (AvgIpc) is 2.27. The lowest BCUT2D eigenvalue weighted by Gasteiger charge is -2.29. The van der Waals surface area contributed by atoms with E-state index in [1.807, 2.05) is 13.8 Å². The van der Waals surface area contributed by atoms with Crippen LogP contribution in [0.1, 0.15) is 44.4 Å². The van der Waals surface area contributed by atoms with Gasteiger partial charge in [0.05, 0.1) is 5.54 Å². The van der Waals surface area contributed by atoms with Gasteiger partial charge in [-0.3, -0.25) is 10.1 Å². The second-order valence-electron chi connectivity index (χ2n) is 5.01. The fourth-order valence-corrected chi connectivity index (χ4v) is 1.73. The molecule has 0 heterocycles. The first-order chi connectivity index (χ1) is 7.86. The molecule has 0 aliphatic rings. The number of carbonyl (C=O) groups excluding carboxylic acids is 1. The van der Waals surface area contributed by atoms with Gasteiger partial charge in [0.25, 0.3) is 0 Å². The van der Waals surface area contributed by atoms with Crippen molar-refractivity contribution in [3.8, 4) is 0 Å². The predicted molar refractivity (Wildman–Crippen MR) is 70.6 cm³/mol. The molecule has 3 nitrogen and oxygen atoms in total. The highest BCUT2D eigenvalue weighted by Gasteiger charge is 2.27. The van der Waals surface area contributed by atoms with Gasteiger partial charge < -0.3 is 5.73 Å². The summed E-state index contributed by atoms with van der Waals surface area (Å²) in [6.07, 6.45) is 0.916. The van der Waals surface area contributed by atoms with Crippen LogP contribution in [0.15, 0.2) is 24.3 Å². The number of nitrogens with one attached hydrogen (secondary N) is 1. The Labute approximate surface area is 103 Å². The smallest absolute Gasteiger partial charge is 0.237 e. The summed E-state index contributed by atoms with van der Waals surface area (Å²) in [6.45, 7) is 7.78. The second kappa shape index (κ2) is 5.32. The highest BCUT2D eigenvalue weighted by atomic mass is 16.1. The molecule has 17 heavy (non-hydrogen) atoms. The Balaban J connectivity index is 2.86. The quantitative estimate of drug-likeness (QED) is 0.821. The summed E-state index contributed by atoms with van der Waals surface area (Å²) >= 11 is 0. The Kier molecular flexibility index (Phi) is 4.29. The van der Waals surface area contributed by atoms with Gasteiger partial charge in [-0.1, -0.05) is 36.8 Å². The first kappa shape index (κ1) is 13.7. The number of hydrogen-bond acceptors (Lipinski definition) is 2. The number of benzene rings is 1. The van der Waals surface area contributed by atoms with Crippen LogP contribution < -0.4 is 11.1 Å². The molecule has 3 N–H and O–H groups in total. The monoisotopic (exact) mass is 234 g/mol.